The van der Waals surface area contributed by atoms with Gasteiger partial charge in [-0.1, -0.05) is 6.07 Å². The van der Waals surface area contributed by atoms with Crippen LogP contribution in [0, 0.1) is 0 Å². The van der Waals surface area contributed by atoms with E-state index in [1.54, 1.807) is 13.3 Å². The van der Waals surface area contributed by atoms with Gasteiger partial charge in [-0.05, 0) is 5.56 Å². The van der Waals surface area contributed by atoms with Crippen molar-refractivity contribution in [2.24, 2.45) is 0 Å². The SMILES string of the molecule is COc1ccc(CNCCNC(C)=O)cn1. The number of ether oxygens (including phenoxy) is 1. The first-order chi connectivity index (χ1) is 7.72. The van der Waals surface area contributed by atoms with Crippen LogP contribution in [0.3, 0.4) is 0 Å². The van der Waals surface area contributed by atoms with E-state index >= 15 is 0 Å². The van der Waals surface area contributed by atoms with Gasteiger partial charge in [-0.15, -0.1) is 0 Å². The Morgan fingerprint density at radius 2 is 2.25 bits per heavy atom. The molecule has 0 radical (unpaired) electrons. The third-order valence-electron chi connectivity index (χ3n) is 2.01. The molecule has 0 aliphatic carbocycles. The number of hydrogen-bond donors (Lipinski definition) is 2. The van der Waals surface area contributed by atoms with Gasteiger partial charge in [0.1, 0.15) is 0 Å². The standard InChI is InChI=1S/C11H17N3O2/c1-9(15)13-6-5-12-7-10-3-4-11(16-2)14-8-10/h3-4,8,12H,5-7H2,1-2H3,(H,13,15). The van der Waals surface area contributed by atoms with Crippen LogP contribution < -0.4 is 15.4 Å². The summed E-state index contributed by atoms with van der Waals surface area (Å²) < 4.78 is 4.96. The fraction of sp³-hybridized carbons (Fsp3) is 0.455. The predicted molar refractivity (Wildman–Crippen MR) is 61.2 cm³/mol. The van der Waals surface area contributed by atoms with Crippen molar-refractivity contribution in [3.05, 3.63) is 23.9 Å². The molecule has 0 unspecified atom stereocenters. The lowest BCUT2D eigenvalue weighted by Gasteiger charge is -2.05. The number of nitrogens with one attached hydrogen (secondary N) is 2. The van der Waals surface area contributed by atoms with Crippen molar-refractivity contribution in [2.45, 2.75) is 13.5 Å². The Morgan fingerprint density at radius 1 is 1.44 bits per heavy atom. The molecule has 1 aromatic heterocycles. The Balaban J connectivity index is 2.19. The zero-order chi connectivity index (χ0) is 11.8. The maximum Gasteiger partial charge on any atom is 0.216 e. The van der Waals surface area contributed by atoms with Crippen LogP contribution in [0.1, 0.15) is 12.5 Å². The first-order valence-electron chi connectivity index (χ1n) is 5.16. The average molecular weight is 223 g/mol. The second kappa shape index (κ2) is 6.79. The van der Waals surface area contributed by atoms with E-state index in [1.807, 2.05) is 12.1 Å². The van der Waals surface area contributed by atoms with Gasteiger partial charge in [0.2, 0.25) is 11.8 Å². The Labute approximate surface area is 95.2 Å². The topological polar surface area (TPSA) is 63.2 Å². The average Bonchev–Trinajstić information content (AvgIpc) is 2.29. The number of carbonyl (C=O) groups excluding carboxylic acids is 1. The number of hydrogen-bond acceptors (Lipinski definition) is 4. The summed E-state index contributed by atoms with van der Waals surface area (Å²) in [5, 5.41) is 5.91. The summed E-state index contributed by atoms with van der Waals surface area (Å²) in [5.41, 5.74) is 1.09. The summed E-state index contributed by atoms with van der Waals surface area (Å²) in [6, 6.07) is 3.78. The molecule has 0 aromatic carbocycles. The first-order valence-corrected chi connectivity index (χ1v) is 5.16. The Hall–Kier alpha value is -1.62. The van der Waals surface area contributed by atoms with E-state index in [-0.39, 0.29) is 5.91 Å². The number of pyridine rings is 1. The van der Waals surface area contributed by atoms with Crippen LogP contribution in [0.5, 0.6) is 5.88 Å². The molecule has 0 aliphatic rings. The summed E-state index contributed by atoms with van der Waals surface area (Å²) >= 11 is 0. The molecule has 88 valence electrons. The van der Waals surface area contributed by atoms with Crippen molar-refractivity contribution in [3.8, 4) is 5.88 Å². The number of methoxy groups -OCH3 is 1. The monoisotopic (exact) mass is 223 g/mol. The Kier molecular flexibility index (Phi) is 5.28. The fourth-order valence-electron chi connectivity index (χ4n) is 1.20. The van der Waals surface area contributed by atoms with Gasteiger partial charge in [0.05, 0.1) is 7.11 Å². The third-order valence-corrected chi connectivity index (χ3v) is 2.01. The molecule has 2 N–H and O–H groups in total. The highest BCUT2D eigenvalue weighted by molar-refractivity contribution is 5.72. The normalized spacial score (nSPS) is 9.88. The van der Waals surface area contributed by atoms with Crippen LogP contribution in [0.2, 0.25) is 0 Å². The Bertz CT molecular complexity index is 325. The molecule has 1 rings (SSSR count). The maximum atomic E-state index is 10.6. The van der Waals surface area contributed by atoms with Crippen LogP contribution in [-0.4, -0.2) is 31.1 Å². The van der Waals surface area contributed by atoms with Crippen LogP contribution >= 0.6 is 0 Å². The lowest BCUT2D eigenvalue weighted by molar-refractivity contribution is -0.118. The minimum atomic E-state index is -0.00656. The fourth-order valence-corrected chi connectivity index (χ4v) is 1.20. The molecule has 0 saturated carbocycles. The summed E-state index contributed by atoms with van der Waals surface area (Å²) in [6.07, 6.45) is 1.77. The highest BCUT2D eigenvalue weighted by atomic mass is 16.5. The first kappa shape index (κ1) is 12.4. The van der Waals surface area contributed by atoms with Crippen molar-refractivity contribution in [1.82, 2.24) is 15.6 Å². The summed E-state index contributed by atoms with van der Waals surface area (Å²) in [5.74, 6) is 0.606. The van der Waals surface area contributed by atoms with Gasteiger partial charge in [-0.25, -0.2) is 4.98 Å². The predicted octanol–water partition coefficient (Wildman–Crippen LogP) is 0.316. The van der Waals surface area contributed by atoms with Crippen molar-refractivity contribution in [1.29, 1.82) is 0 Å². The molecule has 0 atom stereocenters. The zero-order valence-electron chi connectivity index (χ0n) is 9.62. The maximum absolute atomic E-state index is 10.6. The van der Waals surface area contributed by atoms with E-state index < -0.39 is 0 Å². The highest BCUT2D eigenvalue weighted by Gasteiger charge is 1.95. The molecule has 0 spiro atoms. The zero-order valence-corrected chi connectivity index (χ0v) is 9.62. The van der Waals surface area contributed by atoms with Gasteiger partial charge in [0.25, 0.3) is 0 Å². The van der Waals surface area contributed by atoms with Gasteiger partial charge < -0.3 is 15.4 Å². The molecule has 1 amide bonds. The summed E-state index contributed by atoms with van der Waals surface area (Å²) in [6.45, 7) is 3.62. The number of rotatable bonds is 6. The molecule has 0 bridgehead atoms. The van der Waals surface area contributed by atoms with Crippen LogP contribution in [-0.2, 0) is 11.3 Å². The lowest BCUT2D eigenvalue weighted by atomic mass is 10.3. The van der Waals surface area contributed by atoms with Gasteiger partial charge >= 0.3 is 0 Å². The van der Waals surface area contributed by atoms with Crippen molar-refractivity contribution in [3.63, 3.8) is 0 Å². The van der Waals surface area contributed by atoms with Gasteiger partial charge in [-0.3, -0.25) is 4.79 Å². The number of carbonyl (C=O) groups is 1. The molecule has 0 fully saturated rings. The molecular weight excluding hydrogens is 206 g/mol. The molecule has 16 heavy (non-hydrogen) atoms. The molecule has 5 heteroatoms. The van der Waals surface area contributed by atoms with E-state index in [4.69, 9.17) is 4.74 Å². The van der Waals surface area contributed by atoms with Gasteiger partial charge in [0.15, 0.2) is 0 Å². The van der Waals surface area contributed by atoms with E-state index in [9.17, 15) is 4.79 Å². The van der Waals surface area contributed by atoms with Crippen LogP contribution in [0.25, 0.3) is 0 Å². The third kappa shape index (κ3) is 4.75. The molecule has 0 saturated heterocycles. The number of amides is 1. The second-order valence-corrected chi connectivity index (χ2v) is 3.37. The van der Waals surface area contributed by atoms with Crippen LogP contribution in [0.15, 0.2) is 18.3 Å². The minimum absolute atomic E-state index is 0.00656. The van der Waals surface area contributed by atoms with Crippen molar-refractivity contribution in [2.75, 3.05) is 20.2 Å². The largest absolute Gasteiger partial charge is 0.481 e. The lowest BCUT2D eigenvalue weighted by Crippen LogP contribution is -2.29. The van der Waals surface area contributed by atoms with Crippen molar-refractivity contribution >= 4 is 5.91 Å². The highest BCUT2D eigenvalue weighted by Crippen LogP contribution is 2.05. The molecule has 1 aromatic rings. The van der Waals surface area contributed by atoms with E-state index in [0.717, 1.165) is 18.7 Å². The molecule has 0 aliphatic heterocycles. The van der Waals surface area contributed by atoms with E-state index in [2.05, 4.69) is 15.6 Å². The summed E-state index contributed by atoms with van der Waals surface area (Å²) in [4.78, 5) is 14.7. The summed E-state index contributed by atoms with van der Waals surface area (Å²) in [7, 11) is 1.59. The quantitative estimate of drug-likeness (QED) is 0.682. The van der Waals surface area contributed by atoms with E-state index in [0.29, 0.717) is 12.4 Å². The minimum Gasteiger partial charge on any atom is -0.481 e. The second-order valence-electron chi connectivity index (χ2n) is 3.37. The Morgan fingerprint density at radius 3 is 2.81 bits per heavy atom. The van der Waals surface area contributed by atoms with Gasteiger partial charge in [0, 0.05) is 38.8 Å². The smallest absolute Gasteiger partial charge is 0.216 e. The van der Waals surface area contributed by atoms with Crippen LogP contribution in [0.4, 0.5) is 0 Å². The van der Waals surface area contributed by atoms with E-state index in [1.165, 1.54) is 6.92 Å². The molecular formula is C11H17N3O2. The molecule has 1 heterocycles. The van der Waals surface area contributed by atoms with Crippen molar-refractivity contribution < 1.29 is 9.53 Å². The molecule has 5 nitrogen and oxygen atoms in total. The number of nitrogens with zero attached hydrogens (tertiary/aromatic N) is 1. The van der Waals surface area contributed by atoms with Gasteiger partial charge in [-0.2, -0.15) is 0 Å². The number of aromatic nitrogens is 1.